The summed E-state index contributed by atoms with van der Waals surface area (Å²) in [7, 11) is 7.17. The highest BCUT2D eigenvalue weighted by Gasteiger charge is 2.19. The maximum Gasteiger partial charge on any atom is 0.271 e. The predicted octanol–water partition coefficient (Wildman–Crippen LogP) is 2.39. The molecule has 7 heteroatoms. The SMILES string of the molecule is COc1ccc(CCNC(=O)c2nc3ccccn3c2CN(C)C)cc1OC. The van der Waals surface area contributed by atoms with Crippen molar-refractivity contribution in [1.29, 1.82) is 0 Å². The van der Waals surface area contributed by atoms with Gasteiger partial charge >= 0.3 is 0 Å². The summed E-state index contributed by atoms with van der Waals surface area (Å²) in [5.74, 6) is 1.20. The number of nitrogens with one attached hydrogen (secondary N) is 1. The second kappa shape index (κ2) is 8.75. The molecule has 0 spiro atoms. The Morgan fingerprint density at radius 3 is 2.64 bits per heavy atom. The highest BCUT2D eigenvalue weighted by Crippen LogP contribution is 2.27. The van der Waals surface area contributed by atoms with Gasteiger partial charge in [0, 0.05) is 19.3 Å². The fourth-order valence-corrected chi connectivity index (χ4v) is 3.12. The Hall–Kier alpha value is -3.06. The molecular weight excluding hydrogens is 356 g/mol. The van der Waals surface area contributed by atoms with Crippen LogP contribution in [0.15, 0.2) is 42.6 Å². The molecule has 0 bridgehead atoms. The molecule has 7 nitrogen and oxygen atoms in total. The molecule has 2 aromatic heterocycles. The molecule has 0 saturated carbocycles. The van der Waals surface area contributed by atoms with Gasteiger partial charge in [0.1, 0.15) is 5.65 Å². The lowest BCUT2D eigenvalue weighted by atomic mass is 10.1. The van der Waals surface area contributed by atoms with Crippen LogP contribution < -0.4 is 14.8 Å². The third-order valence-electron chi connectivity index (χ3n) is 4.46. The predicted molar refractivity (Wildman–Crippen MR) is 108 cm³/mol. The van der Waals surface area contributed by atoms with Gasteiger partial charge in [-0.3, -0.25) is 4.79 Å². The number of ether oxygens (including phenoxy) is 2. The van der Waals surface area contributed by atoms with E-state index >= 15 is 0 Å². The molecule has 0 radical (unpaired) electrons. The molecule has 3 rings (SSSR count). The lowest BCUT2D eigenvalue weighted by molar-refractivity contribution is 0.0948. The van der Waals surface area contributed by atoms with Crippen molar-refractivity contribution in [2.45, 2.75) is 13.0 Å². The van der Waals surface area contributed by atoms with E-state index in [2.05, 4.69) is 10.3 Å². The first-order chi connectivity index (χ1) is 13.5. The average molecular weight is 382 g/mol. The van der Waals surface area contributed by atoms with Crippen molar-refractivity contribution < 1.29 is 14.3 Å². The summed E-state index contributed by atoms with van der Waals surface area (Å²) >= 11 is 0. The zero-order chi connectivity index (χ0) is 20.1. The van der Waals surface area contributed by atoms with Crippen LogP contribution in [-0.2, 0) is 13.0 Å². The molecule has 0 atom stereocenters. The third-order valence-corrected chi connectivity index (χ3v) is 4.46. The largest absolute Gasteiger partial charge is 0.493 e. The molecule has 148 valence electrons. The Morgan fingerprint density at radius 1 is 1.14 bits per heavy atom. The third kappa shape index (κ3) is 4.26. The molecule has 0 aliphatic rings. The number of hydrogen-bond acceptors (Lipinski definition) is 5. The maximum atomic E-state index is 12.8. The summed E-state index contributed by atoms with van der Waals surface area (Å²) in [4.78, 5) is 19.3. The molecule has 28 heavy (non-hydrogen) atoms. The molecule has 1 N–H and O–H groups in total. The molecular formula is C21H26N4O3. The van der Waals surface area contributed by atoms with Gasteiger partial charge in [-0.2, -0.15) is 0 Å². The standard InChI is InChI=1S/C21H26N4O3/c1-24(2)14-16-20(23-19-7-5-6-12-25(16)19)21(26)22-11-10-15-8-9-17(27-3)18(13-15)28-4/h5-9,12-13H,10-11,14H2,1-4H3,(H,22,26). The van der Waals surface area contributed by atoms with E-state index in [0.717, 1.165) is 16.9 Å². The minimum atomic E-state index is -0.166. The van der Waals surface area contributed by atoms with Gasteiger partial charge in [-0.05, 0) is 50.3 Å². The molecule has 0 unspecified atom stereocenters. The molecule has 0 aliphatic heterocycles. The molecule has 1 aromatic carbocycles. The van der Waals surface area contributed by atoms with Crippen LogP contribution >= 0.6 is 0 Å². The van der Waals surface area contributed by atoms with Crippen LogP contribution in [0.1, 0.15) is 21.7 Å². The number of rotatable bonds is 8. The summed E-state index contributed by atoms with van der Waals surface area (Å²) in [6.07, 6.45) is 2.62. The van der Waals surface area contributed by atoms with Crippen LogP contribution in [0.4, 0.5) is 0 Å². The Bertz CT molecular complexity index is 965. The van der Waals surface area contributed by atoms with Crippen LogP contribution in [0.5, 0.6) is 11.5 Å². The number of imidazole rings is 1. The van der Waals surface area contributed by atoms with Crippen molar-refractivity contribution in [3.05, 3.63) is 59.5 Å². The van der Waals surface area contributed by atoms with E-state index in [1.807, 2.05) is 66.0 Å². The second-order valence-corrected chi connectivity index (χ2v) is 6.77. The number of methoxy groups -OCH3 is 2. The number of hydrogen-bond donors (Lipinski definition) is 1. The second-order valence-electron chi connectivity index (χ2n) is 6.77. The highest BCUT2D eigenvalue weighted by atomic mass is 16.5. The molecule has 0 saturated heterocycles. The van der Waals surface area contributed by atoms with E-state index in [4.69, 9.17) is 9.47 Å². The summed E-state index contributed by atoms with van der Waals surface area (Å²) in [6, 6.07) is 11.5. The van der Waals surface area contributed by atoms with Crippen LogP contribution in [0.25, 0.3) is 5.65 Å². The van der Waals surface area contributed by atoms with Crippen LogP contribution in [0, 0.1) is 0 Å². The van der Waals surface area contributed by atoms with E-state index in [0.29, 0.717) is 36.7 Å². The van der Waals surface area contributed by atoms with E-state index in [9.17, 15) is 4.79 Å². The number of aromatic nitrogens is 2. The van der Waals surface area contributed by atoms with Crippen molar-refractivity contribution in [2.75, 3.05) is 34.9 Å². The zero-order valence-electron chi connectivity index (χ0n) is 16.7. The van der Waals surface area contributed by atoms with Gasteiger partial charge in [0.2, 0.25) is 0 Å². The van der Waals surface area contributed by atoms with Gasteiger partial charge in [0.25, 0.3) is 5.91 Å². The van der Waals surface area contributed by atoms with Crippen molar-refractivity contribution in [1.82, 2.24) is 19.6 Å². The molecule has 0 fully saturated rings. The number of pyridine rings is 1. The lowest BCUT2D eigenvalue weighted by Gasteiger charge is -2.12. The quantitative estimate of drug-likeness (QED) is 0.648. The summed E-state index contributed by atoms with van der Waals surface area (Å²) in [5, 5.41) is 2.98. The Morgan fingerprint density at radius 2 is 1.93 bits per heavy atom. The smallest absolute Gasteiger partial charge is 0.271 e. The Labute approximate surface area is 164 Å². The number of nitrogens with zero attached hydrogens (tertiary/aromatic N) is 3. The monoisotopic (exact) mass is 382 g/mol. The van der Waals surface area contributed by atoms with Gasteiger partial charge in [-0.1, -0.05) is 12.1 Å². The van der Waals surface area contributed by atoms with Crippen LogP contribution in [0.2, 0.25) is 0 Å². The fraction of sp³-hybridized carbons (Fsp3) is 0.333. The summed E-state index contributed by atoms with van der Waals surface area (Å²) in [5.41, 5.74) is 3.17. The number of carbonyl (C=O) groups is 1. The Balaban J connectivity index is 1.71. The number of amides is 1. The number of fused-ring (bicyclic) bond motifs is 1. The first-order valence-electron chi connectivity index (χ1n) is 9.13. The van der Waals surface area contributed by atoms with Crippen molar-refractivity contribution in [3.8, 4) is 11.5 Å². The number of benzene rings is 1. The fourth-order valence-electron chi connectivity index (χ4n) is 3.12. The topological polar surface area (TPSA) is 68.1 Å². The van der Waals surface area contributed by atoms with Gasteiger partial charge in [-0.15, -0.1) is 0 Å². The van der Waals surface area contributed by atoms with E-state index in [-0.39, 0.29) is 5.91 Å². The van der Waals surface area contributed by atoms with E-state index in [1.165, 1.54) is 0 Å². The van der Waals surface area contributed by atoms with Gasteiger partial charge < -0.3 is 24.1 Å². The molecule has 2 heterocycles. The van der Waals surface area contributed by atoms with Gasteiger partial charge in [0.15, 0.2) is 17.2 Å². The van der Waals surface area contributed by atoms with E-state index in [1.54, 1.807) is 14.2 Å². The van der Waals surface area contributed by atoms with Gasteiger partial charge in [-0.25, -0.2) is 4.98 Å². The number of carbonyl (C=O) groups excluding carboxylic acids is 1. The Kier molecular flexibility index (Phi) is 6.16. The first-order valence-corrected chi connectivity index (χ1v) is 9.13. The van der Waals surface area contributed by atoms with E-state index < -0.39 is 0 Å². The van der Waals surface area contributed by atoms with Crippen LogP contribution in [-0.4, -0.2) is 55.1 Å². The summed E-state index contributed by atoms with van der Waals surface area (Å²) in [6.45, 7) is 1.13. The summed E-state index contributed by atoms with van der Waals surface area (Å²) < 4.78 is 12.5. The normalized spacial score (nSPS) is 11.0. The maximum absolute atomic E-state index is 12.8. The molecule has 0 aliphatic carbocycles. The highest BCUT2D eigenvalue weighted by molar-refractivity contribution is 5.94. The minimum Gasteiger partial charge on any atom is -0.493 e. The van der Waals surface area contributed by atoms with Gasteiger partial charge in [0.05, 0.1) is 19.9 Å². The van der Waals surface area contributed by atoms with Crippen LogP contribution in [0.3, 0.4) is 0 Å². The minimum absolute atomic E-state index is 0.166. The molecule has 1 amide bonds. The first kappa shape index (κ1) is 19.7. The lowest BCUT2D eigenvalue weighted by Crippen LogP contribution is -2.28. The average Bonchev–Trinajstić information content (AvgIpc) is 3.06. The van der Waals surface area contributed by atoms with Crippen molar-refractivity contribution in [3.63, 3.8) is 0 Å². The zero-order valence-corrected chi connectivity index (χ0v) is 16.7. The van der Waals surface area contributed by atoms with Crippen molar-refractivity contribution >= 4 is 11.6 Å². The molecule has 3 aromatic rings. The van der Waals surface area contributed by atoms with Crippen molar-refractivity contribution in [2.24, 2.45) is 0 Å².